The molecular formula is C17H15N5O3. The van der Waals surface area contributed by atoms with Crippen molar-refractivity contribution in [3.8, 4) is 11.4 Å². The number of benzene rings is 1. The van der Waals surface area contributed by atoms with Gasteiger partial charge in [0.15, 0.2) is 5.82 Å². The van der Waals surface area contributed by atoms with Crippen molar-refractivity contribution >= 4 is 11.9 Å². The molecule has 0 fully saturated rings. The molecule has 0 radical (unpaired) electrons. The maximum atomic E-state index is 12.1. The van der Waals surface area contributed by atoms with Gasteiger partial charge in [0.1, 0.15) is 5.82 Å². The first kappa shape index (κ1) is 16.3. The summed E-state index contributed by atoms with van der Waals surface area (Å²) in [6.07, 6.45) is 3.32. The van der Waals surface area contributed by atoms with Crippen LogP contribution < -0.4 is 5.32 Å². The van der Waals surface area contributed by atoms with E-state index in [-0.39, 0.29) is 12.5 Å². The molecular weight excluding hydrogens is 322 g/mol. The van der Waals surface area contributed by atoms with Crippen LogP contribution in [0.25, 0.3) is 11.4 Å². The van der Waals surface area contributed by atoms with Crippen molar-refractivity contribution in [1.82, 2.24) is 25.5 Å². The number of amides is 1. The van der Waals surface area contributed by atoms with E-state index >= 15 is 0 Å². The maximum Gasteiger partial charge on any atom is 0.337 e. The van der Waals surface area contributed by atoms with Crippen LogP contribution >= 0.6 is 0 Å². The van der Waals surface area contributed by atoms with Crippen LogP contribution in [0.2, 0.25) is 0 Å². The van der Waals surface area contributed by atoms with Gasteiger partial charge in [0.25, 0.3) is 5.91 Å². The highest BCUT2D eigenvalue weighted by Crippen LogP contribution is 2.12. The van der Waals surface area contributed by atoms with E-state index < -0.39 is 5.97 Å². The number of ether oxygens (including phenoxy) is 1. The highest BCUT2D eigenvalue weighted by molar-refractivity contribution is 5.96. The van der Waals surface area contributed by atoms with Crippen molar-refractivity contribution in [2.75, 3.05) is 7.11 Å². The Hall–Kier alpha value is -3.55. The van der Waals surface area contributed by atoms with Crippen LogP contribution in [0.4, 0.5) is 0 Å². The van der Waals surface area contributed by atoms with E-state index in [1.165, 1.54) is 19.2 Å². The molecule has 2 aromatic heterocycles. The second-order valence-electron chi connectivity index (χ2n) is 5.09. The van der Waals surface area contributed by atoms with Crippen LogP contribution in [0.3, 0.4) is 0 Å². The summed E-state index contributed by atoms with van der Waals surface area (Å²) in [5.74, 6) is 0.343. The molecule has 0 unspecified atom stereocenters. The standard InChI is InChI=1S/C17H15N5O3/c1-25-17(24)13-4-2-12(3-5-13)16(23)19-10-14-20-15(22-21-14)11-6-8-18-9-7-11/h2-9H,10H2,1H3,(H,19,23)(H,20,21,22). The molecule has 126 valence electrons. The lowest BCUT2D eigenvalue weighted by atomic mass is 10.1. The number of aromatic amines is 1. The highest BCUT2D eigenvalue weighted by Gasteiger charge is 2.10. The Balaban J connectivity index is 1.61. The van der Waals surface area contributed by atoms with Gasteiger partial charge in [-0.15, -0.1) is 0 Å². The van der Waals surface area contributed by atoms with Crippen LogP contribution in [0.15, 0.2) is 48.8 Å². The van der Waals surface area contributed by atoms with Crippen LogP contribution in [-0.4, -0.2) is 39.2 Å². The minimum absolute atomic E-state index is 0.204. The molecule has 8 heteroatoms. The van der Waals surface area contributed by atoms with E-state index in [0.29, 0.717) is 22.8 Å². The molecule has 0 spiro atoms. The monoisotopic (exact) mass is 337 g/mol. The Morgan fingerprint density at radius 3 is 2.44 bits per heavy atom. The SMILES string of the molecule is COC(=O)c1ccc(C(=O)NCc2nc(-c3ccncc3)n[nH]2)cc1. The van der Waals surface area contributed by atoms with Crippen molar-refractivity contribution in [2.45, 2.75) is 6.54 Å². The van der Waals surface area contributed by atoms with Crippen LogP contribution in [0.1, 0.15) is 26.5 Å². The molecule has 3 aromatic rings. The molecule has 3 rings (SSSR count). The number of nitrogens with one attached hydrogen (secondary N) is 2. The Labute approximate surface area is 143 Å². The molecule has 0 aliphatic carbocycles. The van der Waals surface area contributed by atoms with E-state index in [1.807, 2.05) is 0 Å². The zero-order valence-electron chi connectivity index (χ0n) is 13.4. The lowest BCUT2D eigenvalue weighted by Crippen LogP contribution is -2.23. The summed E-state index contributed by atoms with van der Waals surface area (Å²) in [6, 6.07) is 9.80. The van der Waals surface area contributed by atoms with E-state index in [9.17, 15) is 9.59 Å². The third-order valence-corrected chi connectivity index (χ3v) is 3.45. The second kappa shape index (κ2) is 7.35. The zero-order chi connectivity index (χ0) is 17.6. The highest BCUT2D eigenvalue weighted by atomic mass is 16.5. The van der Waals surface area contributed by atoms with Crippen molar-refractivity contribution < 1.29 is 14.3 Å². The van der Waals surface area contributed by atoms with Crippen LogP contribution in [0.5, 0.6) is 0 Å². The van der Waals surface area contributed by atoms with Gasteiger partial charge >= 0.3 is 5.97 Å². The maximum absolute atomic E-state index is 12.1. The first-order valence-electron chi connectivity index (χ1n) is 7.45. The van der Waals surface area contributed by atoms with Gasteiger partial charge in [-0.1, -0.05) is 0 Å². The molecule has 0 saturated heterocycles. The molecule has 0 aliphatic rings. The number of esters is 1. The first-order valence-corrected chi connectivity index (χ1v) is 7.45. The molecule has 0 aliphatic heterocycles. The largest absolute Gasteiger partial charge is 0.465 e. The number of rotatable bonds is 5. The number of nitrogens with zero attached hydrogens (tertiary/aromatic N) is 3. The smallest absolute Gasteiger partial charge is 0.337 e. The molecule has 0 bridgehead atoms. The molecule has 1 aromatic carbocycles. The number of hydrogen-bond donors (Lipinski definition) is 2. The number of carbonyl (C=O) groups is 2. The van der Waals surface area contributed by atoms with Gasteiger partial charge in [0.2, 0.25) is 0 Å². The van der Waals surface area contributed by atoms with Crippen molar-refractivity contribution in [2.24, 2.45) is 0 Å². The van der Waals surface area contributed by atoms with E-state index in [4.69, 9.17) is 0 Å². The topological polar surface area (TPSA) is 110 Å². The second-order valence-corrected chi connectivity index (χ2v) is 5.09. The molecule has 0 saturated carbocycles. The van der Waals surface area contributed by atoms with Gasteiger partial charge in [0.05, 0.1) is 19.2 Å². The Morgan fingerprint density at radius 2 is 1.76 bits per heavy atom. The van der Waals surface area contributed by atoms with Crippen LogP contribution in [0, 0.1) is 0 Å². The number of hydrogen-bond acceptors (Lipinski definition) is 6. The third kappa shape index (κ3) is 3.86. The Morgan fingerprint density at radius 1 is 1.08 bits per heavy atom. The van der Waals surface area contributed by atoms with Gasteiger partial charge in [-0.05, 0) is 36.4 Å². The summed E-state index contributed by atoms with van der Waals surface area (Å²) in [4.78, 5) is 31.8. The number of carbonyl (C=O) groups excluding carboxylic acids is 2. The number of aromatic nitrogens is 4. The minimum atomic E-state index is -0.447. The summed E-state index contributed by atoms with van der Waals surface area (Å²) >= 11 is 0. The van der Waals surface area contributed by atoms with Gasteiger partial charge in [-0.25, -0.2) is 9.78 Å². The van der Waals surface area contributed by atoms with E-state index in [1.54, 1.807) is 36.7 Å². The zero-order valence-corrected chi connectivity index (χ0v) is 13.4. The molecule has 8 nitrogen and oxygen atoms in total. The average molecular weight is 337 g/mol. The predicted molar refractivity (Wildman–Crippen MR) is 88.6 cm³/mol. The predicted octanol–water partition coefficient (Wildman–Crippen LogP) is 1.58. The average Bonchev–Trinajstić information content (AvgIpc) is 3.15. The lowest BCUT2D eigenvalue weighted by molar-refractivity contribution is 0.0600. The molecule has 1 amide bonds. The van der Waals surface area contributed by atoms with E-state index in [2.05, 4.69) is 30.2 Å². The molecule has 0 atom stereocenters. The van der Waals surface area contributed by atoms with Gasteiger partial charge in [0, 0.05) is 23.5 Å². The van der Waals surface area contributed by atoms with Crippen molar-refractivity contribution in [1.29, 1.82) is 0 Å². The number of pyridine rings is 1. The van der Waals surface area contributed by atoms with Crippen molar-refractivity contribution in [3.05, 3.63) is 65.7 Å². The fraction of sp³-hybridized carbons (Fsp3) is 0.118. The van der Waals surface area contributed by atoms with Gasteiger partial charge in [-0.2, -0.15) is 5.10 Å². The molecule has 25 heavy (non-hydrogen) atoms. The normalized spacial score (nSPS) is 10.3. The Bertz CT molecular complexity index is 875. The summed E-state index contributed by atoms with van der Waals surface area (Å²) < 4.78 is 4.62. The molecule has 2 heterocycles. The third-order valence-electron chi connectivity index (χ3n) is 3.45. The first-order chi connectivity index (χ1) is 12.2. The summed E-state index contributed by atoms with van der Waals surface area (Å²) in [5.41, 5.74) is 1.65. The quantitative estimate of drug-likeness (QED) is 0.684. The lowest BCUT2D eigenvalue weighted by Gasteiger charge is -2.04. The minimum Gasteiger partial charge on any atom is -0.465 e. The number of methoxy groups -OCH3 is 1. The summed E-state index contributed by atoms with van der Waals surface area (Å²) in [7, 11) is 1.31. The van der Waals surface area contributed by atoms with Crippen LogP contribution in [-0.2, 0) is 11.3 Å². The van der Waals surface area contributed by atoms with E-state index in [0.717, 1.165) is 5.56 Å². The molecule has 2 N–H and O–H groups in total. The fourth-order valence-electron chi connectivity index (χ4n) is 2.15. The summed E-state index contributed by atoms with van der Waals surface area (Å²) in [6.45, 7) is 0.204. The van der Waals surface area contributed by atoms with Crippen molar-refractivity contribution in [3.63, 3.8) is 0 Å². The van der Waals surface area contributed by atoms with Gasteiger partial charge in [-0.3, -0.25) is 14.9 Å². The summed E-state index contributed by atoms with van der Waals surface area (Å²) in [5, 5.41) is 9.64. The Kier molecular flexibility index (Phi) is 4.79. The number of H-pyrrole nitrogens is 1. The fourth-order valence-corrected chi connectivity index (χ4v) is 2.15. The van der Waals surface area contributed by atoms with Gasteiger partial charge < -0.3 is 10.1 Å².